The molecule has 6 nitrogen and oxygen atoms in total. The van der Waals surface area contributed by atoms with Crippen LogP contribution in [0.4, 0.5) is 10.1 Å². The highest BCUT2D eigenvalue weighted by molar-refractivity contribution is 5.99. The number of halogens is 1. The van der Waals surface area contributed by atoms with Gasteiger partial charge in [-0.1, -0.05) is 6.07 Å². The lowest BCUT2D eigenvalue weighted by molar-refractivity contribution is -0.132. The molecule has 24 heavy (non-hydrogen) atoms. The predicted octanol–water partition coefficient (Wildman–Crippen LogP) is 0.669. The molecule has 2 aliphatic rings. The van der Waals surface area contributed by atoms with Crippen molar-refractivity contribution >= 4 is 17.5 Å². The molecule has 0 aliphatic carbocycles. The van der Waals surface area contributed by atoms with Gasteiger partial charge >= 0.3 is 0 Å². The van der Waals surface area contributed by atoms with Crippen LogP contribution in [0, 0.1) is 5.82 Å². The number of nitrogens with two attached hydrogens (primary N) is 1. The van der Waals surface area contributed by atoms with E-state index >= 15 is 0 Å². The van der Waals surface area contributed by atoms with Gasteiger partial charge in [0.25, 0.3) is 5.91 Å². The largest absolute Gasteiger partial charge is 0.367 e. The summed E-state index contributed by atoms with van der Waals surface area (Å²) in [5.74, 6) is -1.23. The van der Waals surface area contributed by atoms with Gasteiger partial charge in [0.15, 0.2) is 0 Å². The summed E-state index contributed by atoms with van der Waals surface area (Å²) in [6, 6.07) is 4.51. The van der Waals surface area contributed by atoms with Crippen molar-refractivity contribution in [1.82, 2.24) is 9.80 Å². The maximum Gasteiger partial charge on any atom is 0.253 e. The minimum absolute atomic E-state index is 0.0747. The fourth-order valence-electron chi connectivity index (χ4n) is 3.45. The third-order valence-electron chi connectivity index (χ3n) is 4.77. The molecule has 130 valence electrons. The smallest absolute Gasteiger partial charge is 0.253 e. The van der Waals surface area contributed by atoms with E-state index in [0.29, 0.717) is 38.4 Å². The van der Waals surface area contributed by atoms with Crippen molar-refractivity contribution < 1.29 is 14.0 Å². The lowest BCUT2D eigenvalue weighted by Crippen LogP contribution is -2.51. The van der Waals surface area contributed by atoms with Crippen molar-refractivity contribution in [2.75, 3.05) is 50.7 Å². The Morgan fingerprint density at radius 3 is 2.33 bits per heavy atom. The number of benzene rings is 1. The number of carbonyl (C=O) groups is 2. The van der Waals surface area contributed by atoms with E-state index in [4.69, 9.17) is 5.73 Å². The Balaban J connectivity index is 1.62. The third kappa shape index (κ3) is 3.51. The summed E-state index contributed by atoms with van der Waals surface area (Å²) in [5.41, 5.74) is 5.75. The van der Waals surface area contributed by atoms with Gasteiger partial charge in [0.1, 0.15) is 5.82 Å². The van der Waals surface area contributed by atoms with Crippen LogP contribution in [0.5, 0.6) is 0 Å². The van der Waals surface area contributed by atoms with Gasteiger partial charge < -0.3 is 15.5 Å². The van der Waals surface area contributed by atoms with Crippen LogP contribution in [0.3, 0.4) is 0 Å². The topological polar surface area (TPSA) is 69.9 Å². The van der Waals surface area contributed by atoms with Crippen molar-refractivity contribution in [3.8, 4) is 0 Å². The van der Waals surface area contributed by atoms with E-state index in [-0.39, 0.29) is 11.5 Å². The van der Waals surface area contributed by atoms with Crippen LogP contribution in [0.1, 0.15) is 23.2 Å². The molecule has 0 bridgehead atoms. The molecule has 3 rings (SSSR count). The lowest BCUT2D eigenvalue weighted by atomic mass is 10.1. The molecule has 2 amide bonds. The van der Waals surface area contributed by atoms with Crippen molar-refractivity contribution in [3.05, 3.63) is 29.6 Å². The standard InChI is InChI=1S/C17H23FN4O2/c18-13-4-3-5-14(16(13)17(19)24)21-8-10-22(11-9-21)15(23)12-20-6-1-2-7-20/h3-5H,1-2,6-12H2,(H2,19,24). The number of hydrogen-bond acceptors (Lipinski definition) is 4. The van der Waals surface area contributed by atoms with Crippen molar-refractivity contribution in [3.63, 3.8) is 0 Å². The third-order valence-corrected chi connectivity index (χ3v) is 4.77. The molecule has 0 spiro atoms. The Hall–Kier alpha value is -2.15. The van der Waals surface area contributed by atoms with Gasteiger partial charge in [-0.05, 0) is 38.1 Å². The highest BCUT2D eigenvalue weighted by Gasteiger charge is 2.26. The summed E-state index contributed by atoms with van der Waals surface area (Å²) in [6.45, 7) is 4.74. The Morgan fingerprint density at radius 2 is 1.71 bits per heavy atom. The van der Waals surface area contributed by atoms with Gasteiger partial charge in [0.05, 0.1) is 17.8 Å². The van der Waals surface area contributed by atoms with Crippen LogP contribution in [0.15, 0.2) is 18.2 Å². The van der Waals surface area contributed by atoms with Crippen LogP contribution in [-0.4, -0.2) is 67.4 Å². The first-order valence-corrected chi connectivity index (χ1v) is 8.39. The Bertz CT molecular complexity index is 623. The van der Waals surface area contributed by atoms with E-state index in [0.717, 1.165) is 25.9 Å². The number of hydrogen-bond donors (Lipinski definition) is 1. The van der Waals surface area contributed by atoms with E-state index in [2.05, 4.69) is 4.90 Å². The summed E-state index contributed by atoms with van der Waals surface area (Å²) in [4.78, 5) is 29.8. The fourth-order valence-corrected chi connectivity index (χ4v) is 3.45. The zero-order chi connectivity index (χ0) is 17.1. The van der Waals surface area contributed by atoms with E-state index < -0.39 is 11.7 Å². The Kier molecular flexibility index (Phi) is 4.99. The molecule has 2 fully saturated rings. The molecule has 7 heteroatoms. The normalized spacial score (nSPS) is 18.9. The molecule has 2 aliphatic heterocycles. The number of likely N-dealkylation sites (tertiary alicyclic amines) is 1. The monoisotopic (exact) mass is 334 g/mol. The molecule has 1 aromatic rings. The number of nitrogens with zero attached hydrogens (tertiary/aromatic N) is 3. The second kappa shape index (κ2) is 7.17. The summed E-state index contributed by atoms with van der Waals surface area (Å²) in [6.07, 6.45) is 2.33. The molecule has 0 unspecified atom stereocenters. The Morgan fingerprint density at radius 1 is 1.04 bits per heavy atom. The first-order valence-electron chi connectivity index (χ1n) is 8.39. The van der Waals surface area contributed by atoms with E-state index in [9.17, 15) is 14.0 Å². The van der Waals surface area contributed by atoms with Crippen molar-refractivity contribution in [1.29, 1.82) is 0 Å². The Labute approximate surface area is 141 Å². The van der Waals surface area contributed by atoms with Crippen LogP contribution >= 0.6 is 0 Å². The van der Waals surface area contributed by atoms with Crippen LogP contribution in [0.25, 0.3) is 0 Å². The molecule has 2 saturated heterocycles. The average Bonchev–Trinajstić information content (AvgIpc) is 3.07. The highest BCUT2D eigenvalue weighted by Crippen LogP contribution is 2.24. The first kappa shape index (κ1) is 16.7. The summed E-state index contributed by atoms with van der Waals surface area (Å²) in [5, 5.41) is 0. The number of carbonyl (C=O) groups excluding carboxylic acids is 2. The van der Waals surface area contributed by atoms with Gasteiger partial charge in [-0.2, -0.15) is 0 Å². The number of piperazine rings is 1. The molecular formula is C17H23FN4O2. The highest BCUT2D eigenvalue weighted by atomic mass is 19.1. The number of anilines is 1. The SMILES string of the molecule is NC(=O)c1c(F)cccc1N1CCN(C(=O)CN2CCCC2)CC1. The molecule has 0 saturated carbocycles. The van der Waals surface area contributed by atoms with Crippen molar-refractivity contribution in [2.45, 2.75) is 12.8 Å². The molecule has 1 aromatic carbocycles. The van der Waals surface area contributed by atoms with Crippen LogP contribution in [-0.2, 0) is 4.79 Å². The summed E-state index contributed by atoms with van der Waals surface area (Å²) < 4.78 is 13.9. The second-order valence-electron chi connectivity index (χ2n) is 6.35. The average molecular weight is 334 g/mol. The van der Waals surface area contributed by atoms with E-state index in [1.807, 2.05) is 9.80 Å². The van der Waals surface area contributed by atoms with Crippen LogP contribution < -0.4 is 10.6 Å². The molecule has 2 N–H and O–H groups in total. The molecule has 0 aromatic heterocycles. The maximum absolute atomic E-state index is 13.9. The van der Waals surface area contributed by atoms with Gasteiger partial charge in [-0.3, -0.25) is 14.5 Å². The zero-order valence-electron chi connectivity index (χ0n) is 13.7. The van der Waals surface area contributed by atoms with Gasteiger partial charge in [-0.25, -0.2) is 4.39 Å². The summed E-state index contributed by atoms with van der Waals surface area (Å²) in [7, 11) is 0. The summed E-state index contributed by atoms with van der Waals surface area (Å²) >= 11 is 0. The molecule has 0 radical (unpaired) electrons. The lowest BCUT2D eigenvalue weighted by Gasteiger charge is -2.37. The molecular weight excluding hydrogens is 311 g/mol. The van der Waals surface area contributed by atoms with Crippen LogP contribution in [0.2, 0.25) is 0 Å². The second-order valence-corrected chi connectivity index (χ2v) is 6.35. The molecule has 2 heterocycles. The predicted molar refractivity (Wildman–Crippen MR) is 89.4 cm³/mol. The minimum atomic E-state index is -0.768. The quantitative estimate of drug-likeness (QED) is 0.879. The van der Waals surface area contributed by atoms with Crippen molar-refractivity contribution in [2.24, 2.45) is 5.73 Å². The number of primary amides is 1. The van der Waals surface area contributed by atoms with E-state index in [1.165, 1.54) is 6.07 Å². The van der Waals surface area contributed by atoms with Gasteiger partial charge in [-0.15, -0.1) is 0 Å². The number of rotatable bonds is 4. The van der Waals surface area contributed by atoms with E-state index in [1.54, 1.807) is 12.1 Å². The number of amides is 2. The maximum atomic E-state index is 13.9. The molecule has 0 atom stereocenters. The first-order chi connectivity index (χ1) is 11.6. The van der Waals surface area contributed by atoms with Gasteiger partial charge in [0, 0.05) is 26.2 Å². The zero-order valence-corrected chi connectivity index (χ0v) is 13.7. The minimum Gasteiger partial charge on any atom is -0.367 e. The fraction of sp³-hybridized carbons (Fsp3) is 0.529. The van der Waals surface area contributed by atoms with Gasteiger partial charge in [0.2, 0.25) is 5.91 Å².